The Morgan fingerprint density at radius 3 is 2.22 bits per heavy atom. The van der Waals surface area contributed by atoms with Crippen LogP contribution >= 0.6 is 0 Å². The highest BCUT2D eigenvalue weighted by Crippen LogP contribution is 2.39. The van der Waals surface area contributed by atoms with E-state index >= 15 is 0 Å². The van der Waals surface area contributed by atoms with Crippen molar-refractivity contribution in [1.29, 1.82) is 0 Å². The number of ether oxygens (including phenoxy) is 3. The Balaban J connectivity index is 1.72. The van der Waals surface area contributed by atoms with Crippen molar-refractivity contribution in [2.75, 3.05) is 26.6 Å². The Labute approximate surface area is 158 Å². The van der Waals surface area contributed by atoms with Crippen molar-refractivity contribution in [3.05, 3.63) is 60.2 Å². The van der Waals surface area contributed by atoms with Crippen molar-refractivity contribution in [3.8, 4) is 17.2 Å². The van der Waals surface area contributed by atoms with E-state index in [1.807, 2.05) is 30.3 Å². The van der Waals surface area contributed by atoms with Crippen LogP contribution in [0.2, 0.25) is 0 Å². The fraction of sp³-hybridized carbons (Fsp3) is 0.190. The van der Waals surface area contributed by atoms with Crippen molar-refractivity contribution in [3.63, 3.8) is 0 Å². The average molecular weight is 366 g/mol. The number of hydrogen-bond acceptors (Lipinski definition) is 4. The molecule has 2 amide bonds. The molecule has 0 spiro atoms. The number of nitrogens with one attached hydrogen (secondary N) is 2. The number of carbonyl (C=O) groups excluding carboxylic acids is 1. The fourth-order valence-electron chi connectivity index (χ4n) is 2.95. The second kappa shape index (κ2) is 8.31. The monoisotopic (exact) mass is 366 g/mol. The van der Waals surface area contributed by atoms with E-state index in [0.717, 1.165) is 16.3 Å². The molecule has 0 saturated heterocycles. The van der Waals surface area contributed by atoms with Gasteiger partial charge in [-0.25, -0.2) is 4.79 Å². The van der Waals surface area contributed by atoms with E-state index in [9.17, 15) is 4.79 Å². The molecular formula is C21H22N2O4. The zero-order valence-electron chi connectivity index (χ0n) is 15.5. The number of benzene rings is 3. The minimum Gasteiger partial charge on any atom is -0.493 e. The van der Waals surface area contributed by atoms with E-state index in [2.05, 4.69) is 22.8 Å². The molecule has 0 aliphatic carbocycles. The van der Waals surface area contributed by atoms with Gasteiger partial charge in [0.1, 0.15) is 0 Å². The molecule has 6 nitrogen and oxygen atoms in total. The lowest BCUT2D eigenvalue weighted by atomic mass is 10.0. The van der Waals surface area contributed by atoms with Crippen LogP contribution in [0.1, 0.15) is 5.56 Å². The highest BCUT2D eigenvalue weighted by molar-refractivity contribution is 5.91. The van der Waals surface area contributed by atoms with Crippen molar-refractivity contribution in [2.24, 2.45) is 0 Å². The molecule has 0 aromatic heterocycles. The van der Waals surface area contributed by atoms with Crippen LogP contribution in [-0.2, 0) is 6.54 Å². The maximum atomic E-state index is 12.3. The van der Waals surface area contributed by atoms with Gasteiger partial charge in [0.2, 0.25) is 5.75 Å². The molecule has 3 rings (SSSR count). The molecule has 140 valence electrons. The first-order valence-electron chi connectivity index (χ1n) is 8.47. The maximum absolute atomic E-state index is 12.3. The lowest BCUT2D eigenvalue weighted by molar-refractivity contribution is 0.251. The molecule has 3 aromatic rings. The number of rotatable bonds is 6. The summed E-state index contributed by atoms with van der Waals surface area (Å²) in [6.07, 6.45) is 0. The molecule has 0 aliphatic rings. The zero-order chi connectivity index (χ0) is 19.2. The summed E-state index contributed by atoms with van der Waals surface area (Å²) < 4.78 is 15.9. The van der Waals surface area contributed by atoms with Gasteiger partial charge in [-0.3, -0.25) is 0 Å². The minimum absolute atomic E-state index is 0.322. The van der Waals surface area contributed by atoms with Gasteiger partial charge in [-0.15, -0.1) is 0 Å². The normalized spacial score (nSPS) is 10.3. The van der Waals surface area contributed by atoms with Crippen LogP contribution in [-0.4, -0.2) is 27.4 Å². The van der Waals surface area contributed by atoms with E-state index in [1.165, 1.54) is 21.3 Å². The third kappa shape index (κ3) is 4.06. The number of amides is 2. The van der Waals surface area contributed by atoms with Crippen LogP contribution in [0.5, 0.6) is 17.2 Å². The Morgan fingerprint density at radius 1 is 0.889 bits per heavy atom. The van der Waals surface area contributed by atoms with E-state index in [-0.39, 0.29) is 6.03 Å². The highest BCUT2D eigenvalue weighted by atomic mass is 16.5. The molecule has 0 saturated carbocycles. The Morgan fingerprint density at radius 2 is 1.56 bits per heavy atom. The summed E-state index contributed by atoms with van der Waals surface area (Å²) in [5, 5.41) is 7.93. The molecule has 0 unspecified atom stereocenters. The molecule has 0 bridgehead atoms. The number of urea groups is 1. The van der Waals surface area contributed by atoms with Crippen molar-refractivity contribution in [1.82, 2.24) is 5.32 Å². The van der Waals surface area contributed by atoms with Gasteiger partial charge in [0.25, 0.3) is 0 Å². The predicted octanol–water partition coefficient (Wildman–Crippen LogP) is 4.19. The van der Waals surface area contributed by atoms with Crippen LogP contribution in [0.3, 0.4) is 0 Å². The van der Waals surface area contributed by atoms with Crippen LogP contribution in [0.4, 0.5) is 10.5 Å². The van der Waals surface area contributed by atoms with E-state index in [0.29, 0.717) is 29.5 Å². The van der Waals surface area contributed by atoms with Crippen molar-refractivity contribution in [2.45, 2.75) is 6.54 Å². The first-order chi connectivity index (χ1) is 13.2. The Hall–Kier alpha value is -3.41. The molecule has 0 fully saturated rings. The second-order valence-corrected chi connectivity index (χ2v) is 5.86. The summed E-state index contributed by atoms with van der Waals surface area (Å²) in [4.78, 5) is 12.3. The largest absolute Gasteiger partial charge is 0.493 e. The van der Waals surface area contributed by atoms with Crippen LogP contribution in [0.15, 0.2) is 54.6 Å². The van der Waals surface area contributed by atoms with E-state index in [4.69, 9.17) is 14.2 Å². The minimum atomic E-state index is -0.322. The van der Waals surface area contributed by atoms with Crippen LogP contribution in [0.25, 0.3) is 10.8 Å². The number of anilines is 1. The number of hydrogen-bond donors (Lipinski definition) is 2. The SMILES string of the molecule is COc1cc(NC(=O)NCc2cccc3ccccc23)cc(OC)c1OC. The summed E-state index contributed by atoms with van der Waals surface area (Å²) in [6.45, 7) is 0.414. The van der Waals surface area contributed by atoms with E-state index in [1.54, 1.807) is 12.1 Å². The van der Waals surface area contributed by atoms with Gasteiger partial charge in [-0.1, -0.05) is 42.5 Å². The van der Waals surface area contributed by atoms with Gasteiger partial charge >= 0.3 is 6.03 Å². The smallest absolute Gasteiger partial charge is 0.319 e. The summed E-state index contributed by atoms with van der Waals surface area (Å²) in [6, 6.07) is 17.2. The van der Waals surface area contributed by atoms with Gasteiger partial charge in [-0.05, 0) is 16.3 Å². The summed E-state index contributed by atoms with van der Waals surface area (Å²) in [5.74, 6) is 1.42. The average Bonchev–Trinajstić information content (AvgIpc) is 2.71. The van der Waals surface area contributed by atoms with Gasteiger partial charge in [0, 0.05) is 18.7 Å². The predicted molar refractivity (Wildman–Crippen MR) is 106 cm³/mol. The standard InChI is InChI=1S/C21H22N2O4/c1-25-18-11-16(12-19(26-2)20(18)27-3)23-21(24)22-13-15-9-6-8-14-7-4-5-10-17(14)15/h4-12H,13H2,1-3H3,(H2,22,23,24). The molecule has 0 radical (unpaired) electrons. The summed E-state index contributed by atoms with van der Waals surface area (Å²) in [7, 11) is 4.59. The van der Waals surface area contributed by atoms with Crippen molar-refractivity contribution < 1.29 is 19.0 Å². The molecule has 0 heterocycles. The van der Waals surface area contributed by atoms with Crippen LogP contribution < -0.4 is 24.8 Å². The maximum Gasteiger partial charge on any atom is 0.319 e. The third-order valence-corrected chi connectivity index (χ3v) is 4.24. The topological polar surface area (TPSA) is 68.8 Å². The lowest BCUT2D eigenvalue weighted by Gasteiger charge is -2.15. The molecule has 2 N–H and O–H groups in total. The number of methoxy groups -OCH3 is 3. The molecule has 0 aliphatic heterocycles. The Kier molecular flexibility index (Phi) is 5.66. The molecule has 6 heteroatoms. The number of fused-ring (bicyclic) bond motifs is 1. The molecule has 27 heavy (non-hydrogen) atoms. The van der Waals surface area contributed by atoms with Crippen LogP contribution in [0, 0.1) is 0 Å². The lowest BCUT2D eigenvalue weighted by Crippen LogP contribution is -2.28. The highest BCUT2D eigenvalue weighted by Gasteiger charge is 2.14. The van der Waals surface area contributed by atoms with Crippen molar-refractivity contribution >= 4 is 22.5 Å². The fourth-order valence-corrected chi connectivity index (χ4v) is 2.95. The van der Waals surface area contributed by atoms with Gasteiger partial charge in [0.05, 0.1) is 27.0 Å². The first-order valence-corrected chi connectivity index (χ1v) is 8.47. The number of carbonyl (C=O) groups is 1. The Bertz CT molecular complexity index is 926. The van der Waals surface area contributed by atoms with E-state index < -0.39 is 0 Å². The summed E-state index contributed by atoms with van der Waals surface area (Å²) in [5.41, 5.74) is 1.59. The third-order valence-electron chi connectivity index (χ3n) is 4.24. The summed E-state index contributed by atoms with van der Waals surface area (Å²) >= 11 is 0. The zero-order valence-corrected chi connectivity index (χ0v) is 15.5. The molecule has 0 atom stereocenters. The molecule has 3 aromatic carbocycles. The second-order valence-electron chi connectivity index (χ2n) is 5.86. The quantitative estimate of drug-likeness (QED) is 0.686. The van der Waals surface area contributed by atoms with Gasteiger partial charge < -0.3 is 24.8 Å². The molecular weight excluding hydrogens is 344 g/mol. The van der Waals surface area contributed by atoms with Gasteiger partial charge in [-0.2, -0.15) is 0 Å². The first kappa shape index (κ1) is 18.4. The van der Waals surface area contributed by atoms with Gasteiger partial charge in [0.15, 0.2) is 11.5 Å².